The molecule has 2 aromatic heterocycles. The van der Waals surface area contributed by atoms with Crippen LogP contribution in [0.1, 0.15) is 27.5 Å². The molecule has 0 spiro atoms. The van der Waals surface area contributed by atoms with Crippen molar-refractivity contribution in [2.75, 3.05) is 0 Å². The second-order valence-electron chi connectivity index (χ2n) is 5.10. The summed E-state index contributed by atoms with van der Waals surface area (Å²) in [5.74, 6) is -1.04. The smallest absolute Gasteiger partial charge is 0.416 e. The van der Waals surface area contributed by atoms with Gasteiger partial charge in [-0.25, -0.2) is 9.78 Å². The van der Waals surface area contributed by atoms with Crippen molar-refractivity contribution in [2.24, 2.45) is 0 Å². The topological polar surface area (TPSA) is 68.3 Å². The molecule has 0 atom stereocenters. The van der Waals surface area contributed by atoms with E-state index in [0.717, 1.165) is 18.4 Å². The van der Waals surface area contributed by atoms with Crippen LogP contribution in [0.25, 0.3) is 10.9 Å². The number of nitrogens with zero attached hydrogens (tertiary/aromatic N) is 2. The molecule has 0 fully saturated rings. The maximum absolute atomic E-state index is 12.8. The number of aryl methyl sites for hydroxylation is 1. The number of carboxylic acid groups (broad SMARTS) is 1. The molecular weight excluding hydrogens is 313 g/mol. The number of rotatable bonds is 3. The largest absolute Gasteiger partial charge is 0.476 e. The molecule has 3 rings (SSSR count). The Kier molecular flexibility index (Phi) is 3.39. The van der Waals surface area contributed by atoms with E-state index in [0.29, 0.717) is 16.5 Å². The Hall–Kier alpha value is -2.77. The average molecular weight is 324 g/mol. The first-order chi connectivity index (χ1) is 10.8. The third-order valence-electron chi connectivity index (χ3n) is 3.46. The Balaban J connectivity index is 2.00. The predicted molar refractivity (Wildman–Crippen MR) is 74.2 cm³/mol. The molecule has 3 aromatic rings. The molecular formula is C15H11F3N2O3. The molecule has 0 unspecified atom stereocenters. The minimum absolute atomic E-state index is 0.128. The number of halogens is 3. The van der Waals surface area contributed by atoms with Gasteiger partial charge in [0, 0.05) is 11.6 Å². The van der Waals surface area contributed by atoms with Crippen LogP contribution in [0.3, 0.4) is 0 Å². The number of oxazole rings is 1. The van der Waals surface area contributed by atoms with Crippen LogP contribution in [0.2, 0.25) is 0 Å². The zero-order valence-corrected chi connectivity index (χ0v) is 11.9. The number of aromatic nitrogens is 2. The molecule has 23 heavy (non-hydrogen) atoms. The number of carboxylic acids is 1. The van der Waals surface area contributed by atoms with Crippen LogP contribution < -0.4 is 0 Å². The summed E-state index contributed by atoms with van der Waals surface area (Å²) in [4.78, 5) is 14.6. The third-order valence-corrected chi connectivity index (χ3v) is 3.46. The Morgan fingerprint density at radius 1 is 1.39 bits per heavy atom. The van der Waals surface area contributed by atoms with Crippen molar-refractivity contribution in [3.63, 3.8) is 0 Å². The fourth-order valence-electron chi connectivity index (χ4n) is 2.49. The molecule has 5 nitrogen and oxygen atoms in total. The van der Waals surface area contributed by atoms with E-state index in [1.165, 1.54) is 0 Å². The van der Waals surface area contributed by atoms with Gasteiger partial charge in [0.2, 0.25) is 5.89 Å². The van der Waals surface area contributed by atoms with E-state index in [9.17, 15) is 18.0 Å². The zero-order valence-electron chi connectivity index (χ0n) is 11.9. The zero-order chi connectivity index (χ0) is 16.8. The first-order valence-electron chi connectivity index (χ1n) is 6.60. The molecule has 0 bridgehead atoms. The van der Waals surface area contributed by atoms with Gasteiger partial charge >= 0.3 is 12.1 Å². The van der Waals surface area contributed by atoms with E-state index >= 15 is 0 Å². The van der Waals surface area contributed by atoms with Crippen LogP contribution in [0.15, 0.2) is 35.1 Å². The summed E-state index contributed by atoms with van der Waals surface area (Å²) in [6.07, 6.45) is -1.76. The van der Waals surface area contributed by atoms with Crippen molar-refractivity contribution >= 4 is 16.9 Å². The maximum Gasteiger partial charge on any atom is 0.416 e. The molecule has 1 N–H and O–H groups in total. The summed E-state index contributed by atoms with van der Waals surface area (Å²) in [6.45, 7) is 1.72. The van der Waals surface area contributed by atoms with Crippen LogP contribution in [-0.2, 0) is 12.7 Å². The minimum Gasteiger partial charge on any atom is -0.476 e. The number of aromatic carboxylic acids is 1. The van der Waals surface area contributed by atoms with Crippen molar-refractivity contribution in [1.29, 1.82) is 0 Å². The highest BCUT2D eigenvalue weighted by atomic mass is 19.4. The van der Waals surface area contributed by atoms with Gasteiger partial charge in [0.25, 0.3) is 0 Å². The van der Waals surface area contributed by atoms with E-state index in [4.69, 9.17) is 9.52 Å². The monoisotopic (exact) mass is 324 g/mol. The molecule has 0 aliphatic heterocycles. The average Bonchev–Trinajstić information content (AvgIpc) is 3.06. The summed E-state index contributed by atoms with van der Waals surface area (Å²) in [5, 5.41) is 9.26. The lowest BCUT2D eigenvalue weighted by Gasteiger charge is -2.10. The summed E-state index contributed by atoms with van der Waals surface area (Å²) in [6, 6.07) is 3.73. The van der Waals surface area contributed by atoms with Crippen molar-refractivity contribution in [2.45, 2.75) is 19.6 Å². The second-order valence-corrected chi connectivity index (χ2v) is 5.10. The standard InChI is InChI=1S/C15H11F3N2O3/c1-8-4-10(15(16,17)18)5-9-2-3-20(13(8)9)6-12-19-11(7-23-12)14(21)22/h2-5,7H,6H2,1H3,(H,21,22). The van der Waals surface area contributed by atoms with Crippen LogP contribution in [0.4, 0.5) is 13.2 Å². The predicted octanol–water partition coefficient (Wildman–Crippen LogP) is 3.70. The van der Waals surface area contributed by atoms with Gasteiger partial charge < -0.3 is 14.1 Å². The molecule has 0 saturated heterocycles. The fraction of sp³-hybridized carbons (Fsp3) is 0.200. The number of benzene rings is 1. The number of alkyl halides is 3. The number of fused-ring (bicyclic) bond motifs is 1. The van der Waals surface area contributed by atoms with Gasteiger partial charge in [-0.2, -0.15) is 13.2 Å². The third kappa shape index (κ3) is 2.79. The molecule has 0 aliphatic rings. The van der Waals surface area contributed by atoms with Crippen LogP contribution in [0.5, 0.6) is 0 Å². The van der Waals surface area contributed by atoms with Crippen molar-refractivity contribution in [3.8, 4) is 0 Å². The molecule has 1 aromatic carbocycles. The van der Waals surface area contributed by atoms with E-state index < -0.39 is 17.7 Å². The van der Waals surface area contributed by atoms with Crippen molar-refractivity contribution in [3.05, 3.63) is 53.4 Å². The highest BCUT2D eigenvalue weighted by Gasteiger charge is 2.31. The lowest BCUT2D eigenvalue weighted by atomic mass is 10.1. The van der Waals surface area contributed by atoms with E-state index in [1.807, 2.05) is 0 Å². The van der Waals surface area contributed by atoms with E-state index in [1.54, 1.807) is 23.8 Å². The Bertz CT molecular complexity index is 893. The van der Waals surface area contributed by atoms with E-state index in [-0.39, 0.29) is 18.1 Å². The van der Waals surface area contributed by atoms with Crippen molar-refractivity contribution in [1.82, 2.24) is 9.55 Å². The number of carbonyl (C=O) groups is 1. The molecule has 120 valence electrons. The van der Waals surface area contributed by atoms with E-state index in [2.05, 4.69) is 4.98 Å². The summed E-state index contributed by atoms with van der Waals surface area (Å²) in [7, 11) is 0. The SMILES string of the molecule is Cc1cc(C(F)(F)F)cc2ccn(Cc3nc(C(=O)O)co3)c12. The van der Waals surface area contributed by atoms with Gasteiger partial charge in [-0.15, -0.1) is 0 Å². The first-order valence-corrected chi connectivity index (χ1v) is 6.60. The maximum atomic E-state index is 12.8. The van der Waals surface area contributed by atoms with Gasteiger partial charge in [-0.1, -0.05) is 0 Å². The van der Waals surface area contributed by atoms with Crippen molar-refractivity contribution < 1.29 is 27.5 Å². The summed E-state index contributed by atoms with van der Waals surface area (Å²) < 4.78 is 45.3. The van der Waals surface area contributed by atoms with Gasteiger partial charge in [0.05, 0.1) is 17.6 Å². The fourth-order valence-corrected chi connectivity index (χ4v) is 2.49. The normalized spacial score (nSPS) is 12.0. The quantitative estimate of drug-likeness (QED) is 0.797. The Labute approximate surface area is 128 Å². The van der Waals surface area contributed by atoms with Crippen LogP contribution >= 0.6 is 0 Å². The number of hydrogen-bond acceptors (Lipinski definition) is 3. The molecule has 8 heteroatoms. The second kappa shape index (κ2) is 5.15. The molecule has 0 aliphatic carbocycles. The molecule has 2 heterocycles. The highest BCUT2D eigenvalue weighted by molar-refractivity contribution is 5.85. The summed E-state index contributed by atoms with van der Waals surface area (Å²) in [5.41, 5.74) is 0.162. The highest BCUT2D eigenvalue weighted by Crippen LogP contribution is 2.33. The lowest BCUT2D eigenvalue weighted by Crippen LogP contribution is -2.06. The van der Waals surface area contributed by atoms with Gasteiger partial charge in [-0.05, 0) is 30.7 Å². The van der Waals surface area contributed by atoms with Crippen LogP contribution in [0, 0.1) is 6.92 Å². The lowest BCUT2D eigenvalue weighted by molar-refractivity contribution is -0.137. The molecule has 0 radical (unpaired) electrons. The summed E-state index contributed by atoms with van der Waals surface area (Å²) >= 11 is 0. The van der Waals surface area contributed by atoms with Gasteiger partial charge in [0.1, 0.15) is 6.26 Å². The van der Waals surface area contributed by atoms with Gasteiger partial charge in [0.15, 0.2) is 5.69 Å². The van der Waals surface area contributed by atoms with Crippen LogP contribution in [-0.4, -0.2) is 20.6 Å². The van der Waals surface area contributed by atoms with Gasteiger partial charge in [-0.3, -0.25) is 0 Å². The number of hydrogen-bond donors (Lipinski definition) is 1. The molecule has 0 saturated carbocycles. The Morgan fingerprint density at radius 2 is 2.13 bits per heavy atom. The molecule has 0 amide bonds. The Morgan fingerprint density at radius 3 is 2.74 bits per heavy atom. The minimum atomic E-state index is -4.40. The first kappa shape index (κ1) is 15.1.